The van der Waals surface area contributed by atoms with E-state index in [-0.39, 0.29) is 0 Å². The second-order valence-corrected chi connectivity index (χ2v) is 18.2. The van der Waals surface area contributed by atoms with Crippen LogP contribution in [0.1, 0.15) is 11.1 Å². The van der Waals surface area contributed by atoms with E-state index in [0.717, 1.165) is 11.1 Å². The van der Waals surface area contributed by atoms with E-state index in [1.54, 1.807) is 0 Å². The van der Waals surface area contributed by atoms with Gasteiger partial charge in [-0.2, -0.15) is 0 Å². The van der Waals surface area contributed by atoms with Gasteiger partial charge < -0.3 is 9.13 Å². The molecule has 42 heavy (non-hydrogen) atoms. The fraction of sp³-hybridized carbons (Fsp3) is 0.105. The van der Waals surface area contributed by atoms with Crippen molar-refractivity contribution >= 4 is 37.2 Å². The second kappa shape index (κ2) is 13.0. The Morgan fingerprint density at radius 2 is 0.595 bits per heavy atom. The molecule has 0 unspecified atom stereocenters. The van der Waals surface area contributed by atoms with Crippen LogP contribution in [0.25, 0.3) is 0 Å². The van der Waals surface area contributed by atoms with Gasteiger partial charge in [-0.25, -0.2) is 0 Å². The SMILES string of the molecule is CN(C)[Si](C#Cc1ccccc1C#C[Si](c1ccccc1)(c1ccccc1)N(C)C)(c1ccccc1)c1ccccc1. The van der Waals surface area contributed by atoms with Gasteiger partial charge in [0.1, 0.15) is 0 Å². The quantitative estimate of drug-likeness (QED) is 0.222. The molecule has 0 aromatic heterocycles. The van der Waals surface area contributed by atoms with Crippen LogP contribution in [0.15, 0.2) is 146 Å². The molecule has 0 aliphatic carbocycles. The smallest absolute Gasteiger partial charge is 0.274 e. The van der Waals surface area contributed by atoms with Crippen LogP contribution >= 0.6 is 0 Å². The zero-order valence-electron chi connectivity index (χ0n) is 24.8. The van der Waals surface area contributed by atoms with Crippen LogP contribution in [0.2, 0.25) is 0 Å². The van der Waals surface area contributed by atoms with Gasteiger partial charge in [0.05, 0.1) is 0 Å². The van der Waals surface area contributed by atoms with E-state index in [9.17, 15) is 0 Å². The first-order valence-corrected chi connectivity index (χ1v) is 18.1. The summed E-state index contributed by atoms with van der Waals surface area (Å²) < 4.78 is 4.68. The highest BCUT2D eigenvalue weighted by Crippen LogP contribution is 2.13. The normalized spacial score (nSPS) is 11.4. The van der Waals surface area contributed by atoms with Crippen molar-refractivity contribution in [3.63, 3.8) is 0 Å². The molecule has 0 saturated carbocycles. The van der Waals surface area contributed by atoms with Gasteiger partial charge in [-0.1, -0.05) is 156 Å². The average Bonchev–Trinajstić information content (AvgIpc) is 3.04. The molecule has 0 bridgehead atoms. The first-order chi connectivity index (χ1) is 20.5. The van der Waals surface area contributed by atoms with E-state index in [0.29, 0.717) is 0 Å². The number of nitrogens with zero attached hydrogens (tertiary/aromatic N) is 2. The lowest BCUT2D eigenvalue weighted by atomic mass is 10.1. The first-order valence-electron chi connectivity index (χ1n) is 14.2. The first kappa shape index (κ1) is 29.1. The highest BCUT2D eigenvalue weighted by Gasteiger charge is 2.40. The topological polar surface area (TPSA) is 6.48 Å². The molecule has 5 aromatic rings. The largest absolute Gasteiger partial charge is 0.313 e. The molecule has 0 spiro atoms. The molecule has 0 radical (unpaired) electrons. The zero-order valence-corrected chi connectivity index (χ0v) is 26.8. The van der Waals surface area contributed by atoms with Crippen molar-refractivity contribution in [2.24, 2.45) is 0 Å². The summed E-state index contributed by atoms with van der Waals surface area (Å²) in [5.41, 5.74) is 9.62. The molecule has 206 valence electrons. The number of hydrogen-bond acceptors (Lipinski definition) is 2. The Labute approximate surface area is 253 Å². The summed E-state index contributed by atoms with van der Waals surface area (Å²) in [4.78, 5) is 0. The fourth-order valence-electron chi connectivity index (χ4n) is 5.61. The van der Waals surface area contributed by atoms with Gasteiger partial charge in [0.2, 0.25) is 0 Å². The molecule has 0 saturated heterocycles. The van der Waals surface area contributed by atoms with Crippen molar-refractivity contribution in [2.75, 3.05) is 28.2 Å². The van der Waals surface area contributed by atoms with E-state index in [4.69, 9.17) is 0 Å². The summed E-state index contributed by atoms with van der Waals surface area (Å²) in [6.07, 6.45) is 0. The average molecular weight is 577 g/mol. The van der Waals surface area contributed by atoms with Gasteiger partial charge >= 0.3 is 0 Å². The molecule has 0 aliphatic heterocycles. The Balaban J connectivity index is 1.69. The number of hydrogen-bond donors (Lipinski definition) is 0. The van der Waals surface area contributed by atoms with Gasteiger partial charge in [-0.15, -0.1) is 0 Å². The summed E-state index contributed by atoms with van der Waals surface area (Å²) in [5, 5.41) is 5.07. The maximum absolute atomic E-state index is 3.85. The van der Waals surface area contributed by atoms with Gasteiger partial charge in [0, 0.05) is 11.1 Å². The van der Waals surface area contributed by atoms with E-state index in [2.05, 4.69) is 206 Å². The van der Waals surface area contributed by atoms with E-state index in [1.165, 1.54) is 20.7 Å². The predicted molar refractivity (Wildman–Crippen MR) is 183 cm³/mol. The van der Waals surface area contributed by atoms with Gasteiger partial charge in [-0.3, -0.25) is 0 Å². The van der Waals surface area contributed by atoms with Crippen LogP contribution in [0, 0.1) is 22.9 Å². The fourth-order valence-corrected chi connectivity index (χ4v) is 12.7. The third-order valence-electron chi connectivity index (χ3n) is 7.79. The van der Waals surface area contributed by atoms with Crippen LogP contribution in [0.3, 0.4) is 0 Å². The predicted octanol–water partition coefficient (Wildman–Crippen LogP) is 4.11. The van der Waals surface area contributed by atoms with Gasteiger partial charge in [0.25, 0.3) is 16.5 Å². The summed E-state index contributed by atoms with van der Waals surface area (Å²) in [6.45, 7) is 0. The maximum atomic E-state index is 3.85. The third-order valence-corrected chi connectivity index (χ3v) is 16.1. The van der Waals surface area contributed by atoms with Gasteiger partial charge in [0.15, 0.2) is 0 Å². The standard InChI is InChI=1S/C38H36N2Si2/c1-39(2)41(35-21-9-5-10-22-35,36-23-11-6-12-24-36)31-29-33-19-17-18-20-34(33)30-32-42(40(3)4,37-25-13-7-14-26-37)38-27-15-8-16-28-38/h5-28H,1-4H3. The minimum absolute atomic E-state index is 0.957. The van der Waals surface area contributed by atoms with Crippen LogP contribution in [-0.2, 0) is 0 Å². The number of benzene rings is 5. The van der Waals surface area contributed by atoms with Crippen LogP contribution in [-0.4, -0.2) is 53.8 Å². The number of rotatable bonds is 6. The summed E-state index contributed by atoms with van der Waals surface area (Å²) >= 11 is 0. The van der Waals surface area contributed by atoms with Crippen molar-refractivity contribution in [3.8, 4) is 22.9 Å². The molecule has 0 atom stereocenters. The molecule has 0 amide bonds. The molecule has 4 heteroatoms. The lowest BCUT2D eigenvalue weighted by molar-refractivity contribution is 0.646. The minimum atomic E-state index is -2.59. The molecule has 0 N–H and O–H groups in total. The Hall–Kier alpha value is -4.43. The molecule has 5 aromatic carbocycles. The molecule has 0 heterocycles. The van der Waals surface area contributed by atoms with Crippen molar-refractivity contribution in [1.29, 1.82) is 0 Å². The van der Waals surface area contributed by atoms with Crippen LogP contribution in [0.4, 0.5) is 0 Å². The third kappa shape index (κ3) is 5.67. The van der Waals surface area contributed by atoms with Gasteiger partial charge in [-0.05, 0) is 61.1 Å². The Morgan fingerprint density at radius 3 is 0.833 bits per heavy atom. The zero-order chi connectivity index (χ0) is 29.4. The van der Waals surface area contributed by atoms with Crippen LogP contribution in [0.5, 0.6) is 0 Å². The highest BCUT2D eigenvalue weighted by molar-refractivity contribution is 7.06. The Bertz CT molecular complexity index is 1520. The maximum Gasteiger partial charge on any atom is 0.274 e. The van der Waals surface area contributed by atoms with Crippen molar-refractivity contribution in [2.45, 2.75) is 0 Å². The minimum Gasteiger partial charge on any atom is -0.313 e. The van der Waals surface area contributed by atoms with E-state index in [1.807, 2.05) is 0 Å². The molecule has 2 nitrogen and oxygen atoms in total. The molecular weight excluding hydrogens is 541 g/mol. The Morgan fingerprint density at radius 1 is 0.357 bits per heavy atom. The van der Waals surface area contributed by atoms with E-state index < -0.39 is 16.5 Å². The second-order valence-electron chi connectivity index (χ2n) is 10.7. The molecular formula is C38H36N2Si2. The summed E-state index contributed by atoms with van der Waals surface area (Å²) in [6, 6.07) is 51.3. The lowest BCUT2D eigenvalue weighted by Crippen LogP contribution is -2.67. The Kier molecular flexibility index (Phi) is 9.03. The van der Waals surface area contributed by atoms with Crippen molar-refractivity contribution < 1.29 is 0 Å². The summed E-state index contributed by atoms with van der Waals surface area (Å²) in [7, 11) is 3.45. The molecule has 0 aliphatic rings. The highest BCUT2D eigenvalue weighted by atomic mass is 28.3. The summed E-state index contributed by atoms with van der Waals surface area (Å²) in [5.74, 6) is 7.29. The van der Waals surface area contributed by atoms with E-state index >= 15 is 0 Å². The van der Waals surface area contributed by atoms with Crippen molar-refractivity contribution in [1.82, 2.24) is 9.13 Å². The molecule has 5 rings (SSSR count). The van der Waals surface area contributed by atoms with Crippen LogP contribution < -0.4 is 20.7 Å². The monoisotopic (exact) mass is 576 g/mol. The molecule has 0 fully saturated rings. The lowest BCUT2D eigenvalue weighted by Gasteiger charge is -2.33. The van der Waals surface area contributed by atoms with Crippen molar-refractivity contribution in [3.05, 3.63) is 157 Å².